The summed E-state index contributed by atoms with van der Waals surface area (Å²) in [6.45, 7) is 1.26. The van der Waals surface area contributed by atoms with E-state index in [4.69, 9.17) is 4.74 Å². The molecule has 0 saturated carbocycles. The first kappa shape index (κ1) is 15.8. The van der Waals surface area contributed by atoms with Crippen molar-refractivity contribution in [3.8, 4) is 0 Å². The van der Waals surface area contributed by atoms with Crippen LogP contribution < -0.4 is 5.32 Å². The van der Waals surface area contributed by atoms with Crippen LogP contribution in [0.15, 0.2) is 29.2 Å². The summed E-state index contributed by atoms with van der Waals surface area (Å²) in [6, 6.07) is 6.00. The van der Waals surface area contributed by atoms with Gasteiger partial charge in [-0.25, -0.2) is 13.2 Å². The highest BCUT2D eigenvalue weighted by atomic mass is 32.2. The predicted octanol–water partition coefficient (Wildman–Crippen LogP) is 0.805. The van der Waals surface area contributed by atoms with Crippen LogP contribution in [0.4, 0.5) is 4.79 Å². The normalized spacial score (nSPS) is 24.4. The van der Waals surface area contributed by atoms with Gasteiger partial charge < -0.3 is 15.0 Å². The molecule has 3 rings (SSSR count). The number of hydrogen-bond donors (Lipinski definition) is 1. The number of nitrogens with one attached hydrogen (secondary N) is 1. The molecular formula is C15H18N2O5S. The van der Waals surface area contributed by atoms with Crippen LogP contribution in [0.1, 0.15) is 23.2 Å². The van der Waals surface area contributed by atoms with Gasteiger partial charge in [0.05, 0.1) is 18.0 Å². The molecule has 7 nitrogen and oxygen atoms in total. The molecule has 0 aromatic heterocycles. The Kier molecular flexibility index (Phi) is 3.79. The second kappa shape index (κ2) is 5.52. The molecule has 2 saturated heterocycles. The summed E-state index contributed by atoms with van der Waals surface area (Å²) in [4.78, 5) is 25.7. The van der Waals surface area contributed by atoms with Gasteiger partial charge in [0.2, 0.25) is 0 Å². The number of piperidine rings is 1. The fraction of sp³-hybridized carbons (Fsp3) is 0.467. The number of ether oxygens (including phenoxy) is 1. The van der Waals surface area contributed by atoms with E-state index in [0.29, 0.717) is 31.6 Å². The van der Waals surface area contributed by atoms with Crippen molar-refractivity contribution in [3.63, 3.8) is 0 Å². The van der Waals surface area contributed by atoms with E-state index in [0.717, 1.165) is 12.7 Å². The first-order chi connectivity index (χ1) is 10.8. The number of amides is 2. The largest absolute Gasteiger partial charge is 0.439 e. The van der Waals surface area contributed by atoms with Gasteiger partial charge in [0.15, 0.2) is 9.84 Å². The number of nitrogens with zero attached hydrogens (tertiary/aromatic N) is 1. The highest BCUT2D eigenvalue weighted by Gasteiger charge is 2.44. The Bertz CT molecular complexity index is 761. The lowest BCUT2D eigenvalue weighted by Gasteiger charge is -2.38. The summed E-state index contributed by atoms with van der Waals surface area (Å²) in [5.74, 6) is -0.252. The molecule has 0 radical (unpaired) electrons. The molecule has 8 heteroatoms. The molecule has 2 amide bonds. The van der Waals surface area contributed by atoms with E-state index < -0.39 is 21.5 Å². The Morgan fingerprint density at radius 1 is 1.39 bits per heavy atom. The molecule has 1 N–H and O–H groups in total. The quantitative estimate of drug-likeness (QED) is 0.861. The summed E-state index contributed by atoms with van der Waals surface area (Å²) in [5.41, 5.74) is -0.346. The zero-order chi connectivity index (χ0) is 16.7. The number of carbonyl (C=O) groups excluding carboxylic acids is 2. The van der Waals surface area contributed by atoms with Crippen molar-refractivity contribution in [2.75, 3.05) is 25.9 Å². The summed E-state index contributed by atoms with van der Waals surface area (Å²) in [5, 5.41) is 2.63. The van der Waals surface area contributed by atoms with Gasteiger partial charge in [-0.1, -0.05) is 6.07 Å². The molecule has 23 heavy (non-hydrogen) atoms. The molecule has 1 spiro atoms. The summed E-state index contributed by atoms with van der Waals surface area (Å²) in [6.07, 6.45) is 2.08. The van der Waals surface area contributed by atoms with Crippen molar-refractivity contribution in [3.05, 3.63) is 29.8 Å². The number of benzene rings is 1. The van der Waals surface area contributed by atoms with Crippen molar-refractivity contribution in [1.29, 1.82) is 0 Å². The summed E-state index contributed by atoms with van der Waals surface area (Å²) < 4.78 is 28.6. The minimum Gasteiger partial charge on any atom is -0.439 e. The van der Waals surface area contributed by atoms with Gasteiger partial charge in [-0.05, 0) is 31.0 Å². The number of hydrogen-bond acceptors (Lipinski definition) is 5. The lowest BCUT2D eigenvalue weighted by atomic mass is 9.92. The molecule has 1 unspecified atom stereocenters. The molecule has 2 aliphatic heterocycles. The molecule has 1 atom stereocenters. The maximum atomic E-state index is 12.7. The van der Waals surface area contributed by atoms with Crippen LogP contribution in [0, 0.1) is 0 Å². The number of rotatable bonds is 2. The zero-order valence-electron chi connectivity index (χ0n) is 12.7. The third-order valence-corrected chi connectivity index (χ3v) is 5.31. The average molecular weight is 338 g/mol. The molecule has 0 aliphatic carbocycles. The van der Waals surface area contributed by atoms with Gasteiger partial charge >= 0.3 is 6.09 Å². The summed E-state index contributed by atoms with van der Waals surface area (Å²) in [7, 11) is -3.37. The van der Waals surface area contributed by atoms with E-state index in [1.165, 1.54) is 12.1 Å². The molecule has 2 heterocycles. The lowest BCUT2D eigenvalue weighted by Crippen LogP contribution is -2.52. The number of carbonyl (C=O) groups is 2. The van der Waals surface area contributed by atoms with Gasteiger partial charge in [-0.15, -0.1) is 0 Å². The van der Waals surface area contributed by atoms with Crippen molar-refractivity contribution < 1.29 is 22.7 Å². The minimum atomic E-state index is -3.37. The topological polar surface area (TPSA) is 92.8 Å². The highest BCUT2D eigenvalue weighted by Crippen LogP contribution is 2.29. The fourth-order valence-electron chi connectivity index (χ4n) is 3.04. The Labute approximate surface area is 134 Å². The predicted molar refractivity (Wildman–Crippen MR) is 81.9 cm³/mol. The first-order valence-electron chi connectivity index (χ1n) is 7.35. The number of alkyl carbamates (subject to hydrolysis) is 1. The molecule has 2 fully saturated rings. The van der Waals surface area contributed by atoms with E-state index in [9.17, 15) is 18.0 Å². The standard InChI is InChI=1S/C15H18N2O5S/c1-23(20,21)12-5-2-4-11(8-12)13(18)17-7-3-6-15(10-17)9-16-14(19)22-15/h2,4-5,8H,3,6-7,9-10H2,1H3,(H,16,19). The maximum Gasteiger partial charge on any atom is 0.407 e. The van der Waals surface area contributed by atoms with Crippen LogP contribution in [0.3, 0.4) is 0 Å². The Hall–Kier alpha value is -2.09. The van der Waals surface area contributed by atoms with Crippen molar-refractivity contribution >= 4 is 21.8 Å². The van der Waals surface area contributed by atoms with Gasteiger partial charge in [0.25, 0.3) is 5.91 Å². The second-order valence-electron chi connectivity index (χ2n) is 6.06. The van der Waals surface area contributed by atoms with Gasteiger partial charge in [-0.3, -0.25) is 4.79 Å². The Morgan fingerprint density at radius 2 is 2.17 bits per heavy atom. The molecule has 124 valence electrons. The number of likely N-dealkylation sites (tertiary alicyclic amines) is 1. The van der Waals surface area contributed by atoms with Crippen LogP contribution in [-0.2, 0) is 14.6 Å². The molecule has 1 aromatic carbocycles. The van der Waals surface area contributed by atoms with Crippen molar-refractivity contribution in [2.45, 2.75) is 23.3 Å². The SMILES string of the molecule is CS(=O)(=O)c1cccc(C(=O)N2CCCC3(CNC(=O)O3)C2)c1. The fourth-order valence-corrected chi connectivity index (χ4v) is 3.71. The summed E-state index contributed by atoms with van der Waals surface area (Å²) >= 11 is 0. The van der Waals surface area contributed by atoms with Crippen LogP contribution in [0.2, 0.25) is 0 Å². The molecule has 0 bridgehead atoms. The monoisotopic (exact) mass is 338 g/mol. The van der Waals surface area contributed by atoms with Crippen LogP contribution >= 0.6 is 0 Å². The zero-order valence-corrected chi connectivity index (χ0v) is 13.6. The third-order valence-electron chi connectivity index (χ3n) is 4.20. The smallest absolute Gasteiger partial charge is 0.407 e. The van der Waals surface area contributed by atoms with Crippen LogP contribution in [0.25, 0.3) is 0 Å². The van der Waals surface area contributed by atoms with E-state index in [1.807, 2.05) is 0 Å². The molecular weight excluding hydrogens is 320 g/mol. The van der Waals surface area contributed by atoms with E-state index >= 15 is 0 Å². The molecule has 1 aromatic rings. The second-order valence-corrected chi connectivity index (χ2v) is 8.07. The van der Waals surface area contributed by atoms with Crippen LogP contribution in [0.5, 0.6) is 0 Å². The van der Waals surface area contributed by atoms with E-state index in [-0.39, 0.29) is 10.8 Å². The Morgan fingerprint density at radius 3 is 2.83 bits per heavy atom. The van der Waals surface area contributed by atoms with Gasteiger partial charge in [0.1, 0.15) is 5.60 Å². The average Bonchev–Trinajstić information content (AvgIpc) is 2.86. The lowest BCUT2D eigenvalue weighted by molar-refractivity contribution is -0.00504. The van der Waals surface area contributed by atoms with Gasteiger partial charge in [-0.2, -0.15) is 0 Å². The molecule has 2 aliphatic rings. The van der Waals surface area contributed by atoms with E-state index in [1.54, 1.807) is 17.0 Å². The Balaban J connectivity index is 1.82. The first-order valence-corrected chi connectivity index (χ1v) is 9.25. The van der Waals surface area contributed by atoms with Crippen molar-refractivity contribution in [2.24, 2.45) is 0 Å². The number of sulfone groups is 1. The van der Waals surface area contributed by atoms with Crippen LogP contribution in [-0.4, -0.2) is 56.8 Å². The van der Waals surface area contributed by atoms with Crippen molar-refractivity contribution in [1.82, 2.24) is 10.2 Å². The maximum absolute atomic E-state index is 12.7. The van der Waals surface area contributed by atoms with Gasteiger partial charge in [0, 0.05) is 18.4 Å². The van der Waals surface area contributed by atoms with E-state index in [2.05, 4.69) is 5.32 Å². The third kappa shape index (κ3) is 3.17. The highest BCUT2D eigenvalue weighted by molar-refractivity contribution is 7.90. The minimum absolute atomic E-state index is 0.115.